The molecule has 0 radical (unpaired) electrons. The number of aliphatic imine (C=N–C) groups is 1. The number of aliphatic hydroxyl groups is 1. The van der Waals surface area contributed by atoms with Crippen LogP contribution in [0.2, 0.25) is 0 Å². The Morgan fingerprint density at radius 3 is 3.00 bits per heavy atom. The second kappa shape index (κ2) is 3.82. The van der Waals surface area contributed by atoms with Crippen LogP contribution >= 0.6 is 0 Å². The normalized spacial score (nSPS) is 19.1. The van der Waals surface area contributed by atoms with Crippen LogP contribution in [-0.4, -0.2) is 30.2 Å². The smallest absolute Gasteiger partial charge is 0.205 e. The zero-order chi connectivity index (χ0) is 10.8. The fraction of sp³-hybridized carbons (Fsp3) is 0.273. The molecule has 0 amide bonds. The van der Waals surface area contributed by atoms with E-state index < -0.39 is 0 Å². The Morgan fingerprint density at radius 2 is 2.27 bits per heavy atom. The molecule has 78 valence electrons. The van der Waals surface area contributed by atoms with Crippen LogP contribution in [-0.2, 0) is 4.79 Å². The van der Waals surface area contributed by atoms with E-state index >= 15 is 0 Å². The lowest BCUT2D eigenvalue weighted by Crippen LogP contribution is -2.19. The number of carbonyl (C=O) groups is 1. The molecule has 0 spiro atoms. The van der Waals surface area contributed by atoms with Crippen molar-refractivity contribution in [1.82, 2.24) is 5.32 Å². The second-order valence-corrected chi connectivity index (χ2v) is 3.44. The van der Waals surface area contributed by atoms with Gasteiger partial charge in [0.15, 0.2) is 0 Å². The average Bonchev–Trinajstić information content (AvgIpc) is 2.65. The van der Waals surface area contributed by atoms with E-state index in [4.69, 9.17) is 0 Å². The molecule has 0 fully saturated rings. The average molecular weight is 204 g/mol. The number of rotatable bonds is 3. The molecule has 0 saturated heterocycles. The van der Waals surface area contributed by atoms with Crippen LogP contribution in [0.15, 0.2) is 40.2 Å². The van der Waals surface area contributed by atoms with E-state index in [1.54, 1.807) is 6.20 Å². The van der Waals surface area contributed by atoms with Gasteiger partial charge in [0.25, 0.3) is 0 Å². The molecule has 2 aliphatic rings. The number of aliphatic hydroxyl groups excluding tert-OH is 1. The van der Waals surface area contributed by atoms with E-state index in [1.165, 1.54) is 12.2 Å². The number of hydrogen-bond donors (Lipinski definition) is 2. The minimum Gasteiger partial charge on any atom is -0.507 e. The first kappa shape index (κ1) is 9.86. The maximum absolute atomic E-state index is 11.4. The zero-order valence-corrected chi connectivity index (χ0v) is 8.45. The van der Waals surface area contributed by atoms with Gasteiger partial charge in [0.1, 0.15) is 11.5 Å². The van der Waals surface area contributed by atoms with Gasteiger partial charge in [-0.3, -0.25) is 9.79 Å². The van der Waals surface area contributed by atoms with Gasteiger partial charge in [-0.05, 0) is 37.7 Å². The summed E-state index contributed by atoms with van der Waals surface area (Å²) in [5.41, 5.74) is 1.87. The predicted molar refractivity (Wildman–Crippen MR) is 57.9 cm³/mol. The van der Waals surface area contributed by atoms with Crippen molar-refractivity contribution < 1.29 is 9.90 Å². The SMILES string of the molecule is CNCCC1=CN=C2C(=O)C=CC(O)=C12. The van der Waals surface area contributed by atoms with Crippen molar-refractivity contribution >= 4 is 11.5 Å². The molecular formula is C11H12N2O2. The van der Waals surface area contributed by atoms with Gasteiger partial charge in [-0.15, -0.1) is 0 Å². The molecular weight excluding hydrogens is 192 g/mol. The Kier molecular flexibility index (Phi) is 2.51. The molecule has 1 aliphatic carbocycles. The van der Waals surface area contributed by atoms with Crippen molar-refractivity contribution in [3.8, 4) is 0 Å². The van der Waals surface area contributed by atoms with Crippen molar-refractivity contribution in [3.63, 3.8) is 0 Å². The molecule has 1 heterocycles. The zero-order valence-electron chi connectivity index (χ0n) is 8.45. The molecule has 4 nitrogen and oxygen atoms in total. The summed E-state index contributed by atoms with van der Waals surface area (Å²) in [5, 5.41) is 12.7. The van der Waals surface area contributed by atoms with Gasteiger partial charge >= 0.3 is 0 Å². The van der Waals surface area contributed by atoms with Crippen LogP contribution in [0.4, 0.5) is 0 Å². The van der Waals surface area contributed by atoms with Gasteiger partial charge < -0.3 is 10.4 Å². The quantitative estimate of drug-likeness (QED) is 0.671. The summed E-state index contributed by atoms with van der Waals surface area (Å²) in [4.78, 5) is 15.5. The standard InChI is InChI=1S/C11H12N2O2/c1-12-5-4-7-6-13-11-9(15)3-2-8(14)10(7)11/h2-3,6,12,14H,4-5H2,1H3. The Morgan fingerprint density at radius 1 is 1.47 bits per heavy atom. The molecule has 4 heteroatoms. The van der Waals surface area contributed by atoms with Crippen LogP contribution < -0.4 is 5.32 Å². The Balaban J connectivity index is 2.28. The summed E-state index contributed by atoms with van der Waals surface area (Å²) in [6.45, 7) is 0.795. The summed E-state index contributed by atoms with van der Waals surface area (Å²) >= 11 is 0. The van der Waals surface area contributed by atoms with Crippen LogP contribution in [0.25, 0.3) is 0 Å². The van der Waals surface area contributed by atoms with Gasteiger partial charge in [-0.25, -0.2) is 0 Å². The van der Waals surface area contributed by atoms with Crippen LogP contribution in [0.3, 0.4) is 0 Å². The van der Waals surface area contributed by atoms with E-state index in [-0.39, 0.29) is 11.5 Å². The van der Waals surface area contributed by atoms with Crippen molar-refractivity contribution in [2.45, 2.75) is 6.42 Å². The first-order valence-corrected chi connectivity index (χ1v) is 4.82. The first-order chi connectivity index (χ1) is 7.24. The van der Waals surface area contributed by atoms with Crippen molar-refractivity contribution in [1.29, 1.82) is 0 Å². The molecule has 15 heavy (non-hydrogen) atoms. The van der Waals surface area contributed by atoms with E-state index in [0.717, 1.165) is 18.5 Å². The van der Waals surface area contributed by atoms with Gasteiger partial charge in [-0.2, -0.15) is 0 Å². The lowest BCUT2D eigenvalue weighted by atomic mass is 9.94. The highest BCUT2D eigenvalue weighted by Gasteiger charge is 2.27. The van der Waals surface area contributed by atoms with Gasteiger partial charge in [0.05, 0.1) is 5.57 Å². The minimum atomic E-state index is -0.140. The third-order valence-corrected chi connectivity index (χ3v) is 2.43. The molecule has 0 bridgehead atoms. The first-order valence-electron chi connectivity index (χ1n) is 4.82. The minimum absolute atomic E-state index is 0.133. The molecule has 0 aromatic heterocycles. The van der Waals surface area contributed by atoms with E-state index in [9.17, 15) is 9.90 Å². The lowest BCUT2D eigenvalue weighted by Gasteiger charge is -2.11. The van der Waals surface area contributed by atoms with Crippen molar-refractivity contribution in [2.24, 2.45) is 4.99 Å². The number of allylic oxidation sites excluding steroid dienone is 3. The van der Waals surface area contributed by atoms with Gasteiger partial charge in [0.2, 0.25) is 5.78 Å². The topological polar surface area (TPSA) is 61.7 Å². The Labute approximate surface area is 87.7 Å². The van der Waals surface area contributed by atoms with E-state index in [1.807, 2.05) is 7.05 Å². The number of ketones is 1. The summed E-state index contributed by atoms with van der Waals surface area (Å²) in [6.07, 6.45) is 5.18. The molecule has 0 saturated carbocycles. The Bertz CT molecular complexity index is 428. The number of fused-ring (bicyclic) bond motifs is 1. The number of carbonyl (C=O) groups excluding carboxylic acids is 1. The highest BCUT2D eigenvalue weighted by Crippen LogP contribution is 2.27. The highest BCUT2D eigenvalue weighted by atomic mass is 16.3. The van der Waals surface area contributed by atoms with E-state index in [2.05, 4.69) is 10.3 Å². The van der Waals surface area contributed by atoms with Crippen LogP contribution in [0.1, 0.15) is 6.42 Å². The molecule has 0 atom stereocenters. The summed E-state index contributed by atoms with van der Waals surface area (Å²) in [7, 11) is 1.86. The third-order valence-electron chi connectivity index (χ3n) is 2.43. The maximum atomic E-state index is 11.4. The maximum Gasteiger partial charge on any atom is 0.205 e. The Hall–Kier alpha value is -1.68. The monoisotopic (exact) mass is 204 g/mol. The van der Waals surface area contributed by atoms with E-state index in [0.29, 0.717) is 11.3 Å². The summed E-state index contributed by atoms with van der Waals surface area (Å²) < 4.78 is 0. The largest absolute Gasteiger partial charge is 0.507 e. The summed E-state index contributed by atoms with van der Waals surface area (Å²) in [6, 6.07) is 0. The molecule has 0 aromatic rings. The predicted octanol–water partition coefficient (Wildman–Crippen LogP) is 0.885. The second-order valence-electron chi connectivity index (χ2n) is 3.44. The van der Waals surface area contributed by atoms with Crippen molar-refractivity contribution in [2.75, 3.05) is 13.6 Å². The van der Waals surface area contributed by atoms with Crippen molar-refractivity contribution in [3.05, 3.63) is 35.3 Å². The van der Waals surface area contributed by atoms with Gasteiger partial charge in [0, 0.05) is 6.20 Å². The fourth-order valence-corrected chi connectivity index (χ4v) is 1.66. The molecule has 0 aromatic carbocycles. The molecule has 2 rings (SSSR count). The molecule has 1 aliphatic heterocycles. The number of hydrogen-bond acceptors (Lipinski definition) is 4. The lowest BCUT2D eigenvalue weighted by molar-refractivity contribution is -0.108. The molecule has 0 unspecified atom stereocenters. The van der Waals surface area contributed by atoms with Crippen LogP contribution in [0.5, 0.6) is 0 Å². The number of nitrogens with zero attached hydrogens (tertiary/aromatic N) is 1. The summed E-state index contributed by atoms with van der Waals surface area (Å²) in [5.74, 6) is -0.00768. The highest BCUT2D eigenvalue weighted by molar-refractivity contribution is 6.52. The molecule has 2 N–H and O–H groups in total. The van der Waals surface area contributed by atoms with Crippen LogP contribution in [0, 0.1) is 0 Å². The third kappa shape index (κ3) is 1.64. The fourth-order valence-electron chi connectivity index (χ4n) is 1.66. The number of nitrogens with one attached hydrogen (secondary N) is 1. The van der Waals surface area contributed by atoms with Gasteiger partial charge in [-0.1, -0.05) is 0 Å².